The minimum atomic E-state index is -0.103. The van der Waals surface area contributed by atoms with Gasteiger partial charge in [0.25, 0.3) is 5.91 Å². The highest BCUT2D eigenvalue weighted by atomic mass is 16.2. The molecule has 0 unspecified atom stereocenters. The maximum absolute atomic E-state index is 12.6. The van der Waals surface area contributed by atoms with Crippen LogP contribution in [0.25, 0.3) is 0 Å². The number of piperazine rings is 1. The van der Waals surface area contributed by atoms with E-state index in [2.05, 4.69) is 27.4 Å². The van der Waals surface area contributed by atoms with Gasteiger partial charge in [0.2, 0.25) is 5.91 Å². The van der Waals surface area contributed by atoms with Gasteiger partial charge in [0.15, 0.2) is 0 Å². The number of nitrogens with one attached hydrogen (secondary N) is 2. The average molecular weight is 367 g/mol. The highest BCUT2D eigenvalue weighted by molar-refractivity contribution is 5.94. The molecule has 1 fully saturated rings. The van der Waals surface area contributed by atoms with Crippen LogP contribution in [0.2, 0.25) is 0 Å². The van der Waals surface area contributed by atoms with Gasteiger partial charge in [0.05, 0.1) is 5.56 Å². The van der Waals surface area contributed by atoms with Crippen LogP contribution in [0.3, 0.4) is 0 Å². The molecular formula is C20H25N5O2. The highest BCUT2D eigenvalue weighted by Crippen LogP contribution is 2.18. The summed E-state index contributed by atoms with van der Waals surface area (Å²) in [5, 5.41) is 5.91. The van der Waals surface area contributed by atoms with Gasteiger partial charge in [-0.25, -0.2) is 4.98 Å². The van der Waals surface area contributed by atoms with Crippen molar-refractivity contribution in [1.29, 1.82) is 0 Å². The lowest BCUT2D eigenvalue weighted by Crippen LogP contribution is -2.48. The molecule has 1 aliphatic rings. The Bertz CT molecular complexity index is 781. The van der Waals surface area contributed by atoms with E-state index in [-0.39, 0.29) is 11.8 Å². The van der Waals surface area contributed by atoms with E-state index < -0.39 is 0 Å². The molecule has 27 heavy (non-hydrogen) atoms. The van der Waals surface area contributed by atoms with E-state index in [1.807, 2.05) is 29.2 Å². The van der Waals surface area contributed by atoms with Crippen LogP contribution in [0.15, 0.2) is 42.6 Å². The van der Waals surface area contributed by atoms with Gasteiger partial charge in [-0.05, 0) is 42.9 Å². The van der Waals surface area contributed by atoms with Gasteiger partial charge in [-0.15, -0.1) is 0 Å². The maximum Gasteiger partial charge on any atom is 0.255 e. The fourth-order valence-corrected chi connectivity index (χ4v) is 3.03. The second-order valence-electron chi connectivity index (χ2n) is 6.54. The van der Waals surface area contributed by atoms with Crippen molar-refractivity contribution in [2.75, 3.05) is 43.4 Å². The number of carbonyl (C=O) groups excluding carboxylic acids is 2. The van der Waals surface area contributed by atoms with Crippen molar-refractivity contribution < 1.29 is 9.59 Å². The van der Waals surface area contributed by atoms with Crippen LogP contribution in [0.1, 0.15) is 24.2 Å². The number of amides is 2. The molecule has 2 amide bonds. The SMILES string of the molecule is CCN1CCN(C(=O)c2ccc(Nc3ccc(NC(C)=O)cc3)nc2)CC1. The summed E-state index contributed by atoms with van der Waals surface area (Å²) in [6.45, 7) is 7.99. The molecule has 1 saturated heterocycles. The van der Waals surface area contributed by atoms with Gasteiger partial charge >= 0.3 is 0 Å². The Morgan fingerprint density at radius 3 is 2.22 bits per heavy atom. The molecule has 0 aliphatic carbocycles. The number of likely N-dealkylation sites (N-methyl/N-ethyl adjacent to an activating group) is 1. The predicted molar refractivity (Wildman–Crippen MR) is 106 cm³/mol. The summed E-state index contributed by atoms with van der Waals surface area (Å²) in [5.74, 6) is 0.591. The number of aromatic nitrogens is 1. The number of hydrogen-bond donors (Lipinski definition) is 2. The van der Waals surface area contributed by atoms with Gasteiger partial charge < -0.3 is 20.4 Å². The van der Waals surface area contributed by atoms with E-state index in [0.29, 0.717) is 11.4 Å². The third kappa shape index (κ3) is 5.04. The summed E-state index contributed by atoms with van der Waals surface area (Å²) in [7, 11) is 0. The maximum atomic E-state index is 12.6. The molecule has 2 aromatic rings. The number of nitrogens with zero attached hydrogens (tertiary/aromatic N) is 3. The van der Waals surface area contributed by atoms with E-state index in [9.17, 15) is 9.59 Å². The molecule has 1 aromatic heterocycles. The van der Waals surface area contributed by atoms with Crippen molar-refractivity contribution in [2.24, 2.45) is 0 Å². The first-order valence-electron chi connectivity index (χ1n) is 9.17. The summed E-state index contributed by atoms with van der Waals surface area (Å²) in [6.07, 6.45) is 1.61. The molecule has 3 rings (SSSR count). The Kier molecular flexibility index (Phi) is 6.03. The van der Waals surface area contributed by atoms with Crippen molar-refractivity contribution in [3.63, 3.8) is 0 Å². The lowest BCUT2D eigenvalue weighted by molar-refractivity contribution is -0.114. The van der Waals surface area contributed by atoms with Crippen molar-refractivity contribution >= 4 is 29.0 Å². The fraction of sp³-hybridized carbons (Fsp3) is 0.350. The number of anilines is 3. The van der Waals surface area contributed by atoms with Crippen molar-refractivity contribution in [1.82, 2.24) is 14.8 Å². The zero-order chi connectivity index (χ0) is 19.2. The van der Waals surface area contributed by atoms with Crippen LogP contribution in [0.5, 0.6) is 0 Å². The smallest absolute Gasteiger partial charge is 0.255 e. The summed E-state index contributed by atoms with van der Waals surface area (Å²) in [5.41, 5.74) is 2.20. The summed E-state index contributed by atoms with van der Waals surface area (Å²) < 4.78 is 0. The zero-order valence-corrected chi connectivity index (χ0v) is 15.7. The fourth-order valence-electron chi connectivity index (χ4n) is 3.03. The summed E-state index contributed by atoms with van der Waals surface area (Å²) in [4.78, 5) is 32.2. The minimum Gasteiger partial charge on any atom is -0.340 e. The minimum absolute atomic E-state index is 0.0319. The van der Waals surface area contributed by atoms with Gasteiger partial charge in [0.1, 0.15) is 5.82 Å². The number of pyridine rings is 1. The Balaban J connectivity index is 1.58. The third-order valence-electron chi connectivity index (χ3n) is 4.59. The van der Waals surface area contributed by atoms with E-state index in [1.54, 1.807) is 18.3 Å². The van der Waals surface area contributed by atoms with Gasteiger partial charge in [-0.3, -0.25) is 9.59 Å². The monoisotopic (exact) mass is 367 g/mol. The molecule has 0 radical (unpaired) electrons. The van der Waals surface area contributed by atoms with E-state index in [4.69, 9.17) is 0 Å². The van der Waals surface area contributed by atoms with Crippen molar-refractivity contribution in [2.45, 2.75) is 13.8 Å². The number of hydrogen-bond acceptors (Lipinski definition) is 5. The molecule has 0 atom stereocenters. The Morgan fingerprint density at radius 1 is 1.00 bits per heavy atom. The molecule has 0 saturated carbocycles. The van der Waals surface area contributed by atoms with Crippen molar-refractivity contribution in [3.8, 4) is 0 Å². The predicted octanol–water partition coefficient (Wildman–Crippen LogP) is 2.56. The summed E-state index contributed by atoms with van der Waals surface area (Å²) >= 11 is 0. The van der Waals surface area contributed by atoms with Crippen LogP contribution >= 0.6 is 0 Å². The first-order valence-corrected chi connectivity index (χ1v) is 9.17. The molecule has 142 valence electrons. The molecule has 2 heterocycles. The Hall–Kier alpha value is -2.93. The second-order valence-corrected chi connectivity index (χ2v) is 6.54. The summed E-state index contributed by atoms with van der Waals surface area (Å²) in [6, 6.07) is 11.0. The van der Waals surface area contributed by atoms with Crippen molar-refractivity contribution in [3.05, 3.63) is 48.2 Å². The molecular weight excluding hydrogens is 342 g/mol. The molecule has 1 aliphatic heterocycles. The topological polar surface area (TPSA) is 77.6 Å². The Morgan fingerprint density at radius 2 is 1.67 bits per heavy atom. The number of benzene rings is 1. The van der Waals surface area contributed by atoms with Crippen LogP contribution in [0, 0.1) is 0 Å². The van der Waals surface area contributed by atoms with Gasteiger partial charge in [-0.2, -0.15) is 0 Å². The van der Waals surface area contributed by atoms with Crippen LogP contribution < -0.4 is 10.6 Å². The normalized spacial score (nSPS) is 14.7. The molecule has 7 nitrogen and oxygen atoms in total. The molecule has 7 heteroatoms. The lowest BCUT2D eigenvalue weighted by Gasteiger charge is -2.34. The Labute approximate surface area is 159 Å². The largest absolute Gasteiger partial charge is 0.340 e. The molecule has 0 bridgehead atoms. The average Bonchev–Trinajstić information content (AvgIpc) is 2.69. The number of rotatable bonds is 5. The molecule has 1 aromatic carbocycles. The van der Waals surface area contributed by atoms with Crippen LogP contribution in [0.4, 0.5) is 17.2 Å². The third-order valence-corrected chi connectivity index (χ3v) is 4.59. The second kappa shape index (κ2) is 8.64. The first-order chi connectivity index (χ1) is 13.0. The zero-order valence-electron chi connectivity index (χ0n) is 15.7. The molecule has 2 N–H and O–H groups in total. The lowest BCUT2D eigenvalue weighted by atomic mass is 10.2. The van der Waals surface area contributed by atoms with Gasteiger partial charge in [0, 0.05) is 50.7 Å². The van der Waals surface area contributed by atoms with Crippen LogP contribution in [-0.2, 0) is 4.79 Å². The van der Waals surface area contributed by atoms with E-state index in [0.717, 1.165) is 44.1 Å². The van der Waals surface area contributed by atoms with Crippen LogP contribution in [-0.4, -0.2) is 59.3 Å². The first kappa shape index (κ1) is 18.8. The van der Waals surface area contributed by atoms with Gasteiger partial charge in [-0.1, -0.05) is 6.92 Å². The standard InChI is InChI=1S/C20H25N5O2/c1-3-24-10-12-25(13-11-24)20(27)16-4-9-19(21-14-16)23-18-7-5-17(6-8-18)22-15(2)26/h4-9,14H,3,10-13H2,1-2H3,(H,21,23)(H,22,26). The molecule has 0 spiro atoms. The number of carbonyl (C=O) groups is 2. The van der Waals surface area contributed by atoms with E-state index >= 15 is 0 Å². The highest BCUT2D eigenvalue weighted by Gasteiger charge is 2.21. The van der Waals surface area contributed by atoms with E-state index in [1.165, 1.54) is 6.92 Å². The quantitative estimate of drug-likeness (QED) is 0.849.